The van der Waals surface area contributed by atoms with Gasteiger partial charge in [-0.25, -0.2) is 8.42 Å². The van der Waals surface area contributed by atoms with E-state index in [-0.39, 0.29) is 59.3 Å². The Hall–Kier alpha value is -0.620. The lowest BCUT2D eigenvalue weighted by molar-refractivity contribution is -0.121. The molecule has 1 amide bonds. The fourth-order valence-corrected chi connectivity index (χ4v) is 5.66. The summed E-state index contributed by atoms with van der Waals surface area (Å²) in [7, 11) is -2.97. The molecule has 2 N–H and O–H groups in total. The molecule has 3 aliphatic rings. The van der Waals surface area contributed by atoms with Crippen molar-refractivity contribution in [3.63, 3.8) is 0 Å². The molecular weight excluding hydrogens is 483 g/mol. The highest BCUT2D eigenvalue weighted by Gasteiger charge is 2.42. The summed E-state index contributed by atoms with van der Waals surface area (Å²) in [4.78, 5) is 18.9. The van der Waals surface area contributed by atoms with Crippen molar-refractivity contribution in [3.8, 4) is 0 Å². The average molecular weight is 514 g/mol. The maximum Gasteiger partial charge on any atom is 0.222 e. The van der Waals surface area contributed by atoms with Crippen LogP contribution in [0.5, 0.6) is 0 Å². The number of likely N-dealkylation sites (tertiary alicyclic amines) is 1. The molecule has 1 spiro atoms. The molecule has 27 heavy (non-hydrogen) atoms. The zero-order valence-electron chi connectivity index (χ0n) is 15.9. The molecule has 0 radical (unpaired) electrons. The van der Waals surface area contributed by atoms with Gasteiger partial charge in [-0.05, 0) is 26.2 Å². The van der Waals surface area contributed by atoms with E-state index in [0.29, 0.717) is 13.0 Å². The van der Waals surface area contributed by atoms with E-state index in [9.17, 15) is 13.2 Å². The van der Waals surface area contributed by atoms with Gasteiger partial charge in [0.1, 0.15) is 0 Å². The van der Waals surface area contributed by atoms with Crippen LogP contribution < -0.4 is 10.6 Å². The third-order valence-electron chi connectivity index (χ3n) is 5.46. The number of carbonyl (C=O) groups excluding carboxylic acids is 1. The molecule has 0 aromatic carbocycles. The quantitative estimate of drug-likeness (QED) is 0.313. The number of rotatable bonds is 5. The average Bonchev–Trinajstić information content (AvgIpc) is 3.29. The minimum absolute atomic E-state index is 0. The summed E-state index contributed by atoms with van der Waals surface area (Å²) < 4.78 is 28.5. The largest absolute Gasteiger partial charge is 0.381 e. The van der Waals surface area contributed by atoms with Crippen molar-refractivity contribution in [1.82, 2.24) is 15.5 Å². The van der Waals surface area contributed by atoms with Crippen LogP contribution >= 0.6 is 24.0 Å². The van der Waals surface area contributed by atoms with Crippen LogP contribution in [0.15, 0.2) is 4.99 Å². The number of halogens is 1. The maximum absolute atomic E-state index is 12.0. The number of sulfone groups is 1. The smallest absolute Gasteiger partial charge is 0.222 e. The summed E-state index contributed by atoms with van der Waals surface area (Å²) in [5, 5.41) is 6.12. The van der Waals surface area contributed by atoms with E-state index in [0.717, 1.165) is 51.6 Å². The second-order valence-electron chi connectivity index (χ2n) is 7.63. The van der Waals surface area contributed by atoms with Gasteiger partial charge in [0.2, 0.25) is 5.91 Å². The number of guanidine groups is 1. The fourth-order valence-electron chi connectivity index (χ4n) is 3.99. The van der Waals surface area contributed by atoms with Crippen molar-refractivity contribution in [2.45, 2.75) is 38.6 Å². The van der Waals surface area contributed by atoms with Crippen LogP contribution in [0.2, 0.25) is 0 Å². The molecule has 156 valence electrons. The standard InChI is InChI=1S/C17H30N4O4S.HI/c1-2-18-16(21-8-5-17(12-21)6-9-25-13-17)19-7-3-15(22)20-14-4-10-26(23,24)11-14;/h14H,2-13H2,1H3,(H,18,19)(H,20,22);1H. The summed E-state index contributed by atoms with van der Waals surface area (Å²) in [5.74, 6) is 0.949. The predicted octanol–water partition coefficient (Wildman–Crippen LogP) is 0.376. The zero-order valence-corrected chi connectivity index (χ0v) is 19.1. The van der Waals surface area contributed by atoms with E-state index in [1.807, 2.05) is 6.92 Å². The Bertz CT molecular complexity index is 649. The molecule has 3 fully saturated rings. The normalized spacial score (nSPS) is 29.7. The van der Waals surface area contributed by atoms with Gasteiger partial charge in [-0.3, -0.25) is 9.79 Å². The van der Waals surface area contributed by atoms with E-state index in [4.69, 9.17) is 4.74 Å². The number of amides is 1. The molecule has 0 aliphatic carbocycles. The van der Waals surface area contributed by atoms with Crippen LogP contribution in [-0.4, -0.2) is 82.1 Å². The first kappa shape index (κ1) is 22.7. The Morgan fingerprint density at radius 1 is 1.37 bits per heavy atom. The number of hydrogen-bond acceptors (Lipinski definition) is 5. The monoisotopic (exact) mass is 514 g/mol. The minimum Gasteiger partial charge on any atom is -0.381 e. The third kappa shape index (κ3) is 6.18. The number of carbonyl (C=O) groups is 1. The Morgan fingerprint density at radius 3 is 2.81 bits per heavy atom. The van der Waals surface area contributed by atoms with E-state index < -0.39 is 9.84 Å². The molecule has 8 nitrogen and oxygen atoms in total. The first-order valence-corrected chi connectivity index (χ1v) is 11.3. The number of hydrogen-bond donors (Lipinski definition) is 2. The highest BCUT2D eigenvalue weighted by atomic mass is 127. The van der Waals surface area contributed by atoms with Gasteiger partial charge in [0, 0.05) is 44.1 Å². The molecule has 3 rings (SSSR count). The molecule has 2 unspecified atom stereocenters. The molecule has 10 heteroatoms. The van der Waals surface area contributed by atoms with Crippen LogP contribution in [0.3, 0.4) is 0 Å². The highest BCUT2D eigenvalue weighted by Crippen LogP contribution is 2.38. The Morgan fingerprint density at radius 2 is 2.19 bits per heavy atom. The van der Waals surface area contributed by atoms with Gasteiger partial charge in [0.05, 0.1) is 24.7 Å². The van der Waals surface area contributed by atoms with Crippen LogP contribution in [0, 0.1) is 5.41 Å². The molecule has 0 saturated carbocycles. The van der Waals surface area contributed by atoms with E-state index in [1.54, 1.807) is 0 Å². The zero-order chi connectivity index (χ0) is 18.6. The summed E-state index contributed by atoms with van der Waals surface area (Å²) in [6, 6.07) is -0.245. The molecule has 3 aliphatic heterocycles. The van der Waals surface area contributed by atoms with Crippen molar-refractivity contribution in [1.29, 1.82) is 0 Å². The molecule has 0 bridgehead atoms. The van der Waals surface area contributed by atoms with E-state index in [1.165, 1.54) is 0 Å². The van der Waals surface area contributed by atoms with Crippen molar-refractivity contribution < 1.29 is 17.9 Å². The van der Waals surface area contributed by atoms with E-state index in [2.05, 4.69) is 20.5 Å². The van der Waals surface area contributed by atoms with Crippen LogP contribution in [-0.2, 0) is 19.4 Å². The number of nitrogens with one attached hydrogen (secondary N) is 2. The Kier molecular flexibility index (Phi) is 8.17. The van der Waals surface area contributed by atoms with Gasteiger partial charge in [-0.1, -0.05) is 0 Å². The summed E-state index contributed by atoms with van der Waals surface area (Å²) in [5.41, 5.74) is 0.265. The highest BCUT2D eigenvalue weighted by molar-refractivity contribution is 14.0. The van der Waals surface area contributed by atoms with Gasteiger partial charge in [-0.15, -0.1) is 24.0 Å². The maximum atomic E-state index is 12.0. The lowest BCUT2D eigenvalue weighted by Crippen LogP contribution is -2.41. The van der Waals surface area contributed by atoms with Crippen LogP contribution in [0.4, 0.5) is 0 Å². The van der Waals surface area contributed by atoms with Crippen LogP contribution in [0.1, 0.15) is 32.6 Å². The first-order valence-electron chi connectivity index (χ1n) is 9.52. The second-order valence-corrected chi connectivity index (χ2v) is 9.86. The number of ether oxygens (including phenoxy) is 1. The molecule has 3 saturated heterocycles. The molecule has 0 aromatic rings. The molecule has 2 atom stereocenters. The Balaban J connectivity index is 0.00000261. The van der Waals surface area contributed by atoms with E-state index >= 15 is 0 Å². The Labute approximate surface area is 178 Å². The second kappa shape index (κ2) is 9.73. The minimum atomic E-state index is -2.97. The van der Waals surface area contributed by atoms with Gasteiger partial charge >= 0.3 is 0 Å². The summed E-state index contributed by atoms with van der Waals surface area (Å²) in [6.45, 7) is 6.80. The lowest BCUT2D eigenvalue weighted by atomic mass is 9.87. The predicted molar refractivity (Wildman–Crippen MR) is 115 cm³/mol. The first-order chi connectivity index (χ1) is 12.4. The van der Waals surface area contributed by atoms with Crippen molar-refractivity contribution in [2.24, 2.45) is 10.4 Å². The van der Waals surface area contributed by atoms with Crippen LogP contribution in [0.25, 0.3) is 0 Å². The van der Waals surface area contributed by atoms with Crippen molar-refractivity contribution >= 4 is 45.7 Å². The van der Waals surface area contributed by atoms with Gasteiger partial charge in [0.15, 0.2) is 15.8 Å². The number of nitrogens with zero attached hydrogens (tertiary/aromatic N) is 2. The topological polar surface area (TPSA) is 100 Å². The summed E-state index contributed by atoms with van der Waals surface area (Å²) in [6.07, 6.45) is 3.01. The van der Waals surface area contributed by atoms with Crippen molar-refractivity contribution in [3.05, 3.63) is 0 Å². The fraction of sp³-hybridized carbons (Fsp3) is 0.882. The molecular formula is C17H31IN4O4S. The summed E-state index contributed by atoms with van der Waals surface area (Å²) >= 11 is 0. The van der Waals surface area contributed by atoms with Gasteiger partial charge < -0.3 is 20.3 Å². The molecule has 0 aromatic heterocycles. The molecule has 3 heterocycles. The van der Waals surface area contributed by atoms with Gasteiger partial charge in [-0.2, -0.15) is 0 Å². The lowest BCUT2D eigenvalue weighted by Gasteiger charge is -2.25. The third-order valence-corrected chi connectivity index (χ3v) is 7.22. The van der Waals surface area contributed by atoms with Crippen molar-refractivity contribution in [2.75, 3.05) is 50.9 Å². The van der Waals surface area contributed by atoms with Gasteiger partial charge in [0.25, 0.3) is 0 Å². The SMILES string of the molecule is CCNC(=NCCC(=O)NC1CCS(=O)(=O)C1)N1CCC2(CCOC2)C1.I. The number of aliphatic imine (C=N–C) groups is 1.